The van der Waals surface area contributed by atoms with E-state index in [1.54, 1.807) is 7.11 Å². The van der Waals surface area contributed by atoms with Gasteiger partial charge in [-0.15, -0.1) is 24.0 Å². The van der Waals surface area contributed by atoms with Crippen molar-refractivity contribution in [1.82, 2.24) is 10.2 Å². The van der Waals surface area contributed by atoms with Gasteiger partial charge in [0.2, 0.25) is 0 Å². The predicted molar refractivity (Wildman–Crippen MR) is 130 cm³/mol. The van der Waals surface area contributed by atoms with E-state index in [4.69, 9.17) is 19.2 Å². The van der Waals surface area contributed by atoms with Gasteiger partial charge in [-0.1, -0.05) is 13.0 Å². The summed E-state index contributed by atoms with van der Waals surface area (Å²) in [5, 5.41) is 3.40. The number of hydrogen-bond donors (Lipinski definition) is 1. The van der Waals surface area contributed by atoms with E-state index in [1.807, 2.05) is 12.1 Å². The van der Waals surface area contributed by atoms with Crippen LogP contribution in [0.3, 0.4) is 0 Å². The lowest BCUT2D eigenvalue weighted by molar-refractivity contribution is 0.0625. The Morgan fingerprint density at radius 2 is 2.00 bits per heavy atom. The Labute approximate surface area is 193 Å². The van der Waals surface area contributed by atoms with Crippen molar-refractivity contribution in [1.29, 1.82) is 0 Å². The maximum absolute atomic E-state index is 5.73. The SMILES string of the molecule is CCCOc1ccc(CN=C(NCC)N(C)CCC2CCOCC2)cc1OC.I. The molecule has 7 heteroatoms. The molecule has 2 rings (SSSR count). The van der Waals surface area contributed by atoms with Gasteiger partial charge in [-0.25, -0.2) is 4.99 Å². The third-order valence-corrected chi connectivity index (χ3v) is 5.01. The van der Waals surface area contributed by atoms with E-state index in [2.05, 4.69) is 37.2 Å². The fourth-order valence-corrected chi connectivity index (χ4v) is 3.29. The number of nitrogens with zero attached hydrogens (tertiary/aromatic N) is 2. The molecular weight excluding hydrogens is 481 g/mol. The zero-order valence-corrected chi connectivity index (χ0v) is 20.7. The van der Waals surface area contributed by atoms with Crippen LogP contribution in [0, 0.1) is 5.92 Å². The van der Waals surface area contributed by atoms with Gasteiger partial charge in [0.05, 0.1) is 20.3 Å². The number of hydrogen-bond acceptors (Lipinski definition) is 4. The number of guanidine groups is 1. The van der Waals surface area contributed by atoms with E-state index in [-0.39, 0.29) is 24.0 Å². The molecule has 1 aliphatic rings. The first kappa shape index (κ1) is 25.8. The van der Waals surface area contributed by atoms with Gasteiger partial charge in [0, 0.05) is 33.4 Å². The maximum Gasteiger partial charge on any atom is 0.193 e. The van der Waals surface area contributed by atoms with Crippen LogP contribution in [0.2, 0.25) is 0 Å². The van der Waals surface area contributed by atoms with Gasteiger partial charge in [0.15, 0.2) is 17.5 Å². The Kier molecular flexibility index (Phi) is 13.1. The maximum atomic E-state index is 5.73. The number of rotatable bonds is 10. The van der Waals surface area contributed by atoms with E-state index in [0.717, 1.165) is 61.7 Å². The Morgan fingerprint density at radius 3 is 2.66 bits per heavy atom. The molecule has 0 bridgehead atoms. The summed E-state index contributed by atoms with van der Waals surface area (Å²) in [4.78, 5) is 7.06. The summed E-state index contributed by atoms with van der Waals surface area (Å²) >= 11 is 0. The van der Waals surface area contributed by atoms with Crippen molar-refractivity contribution >= 4 is 29.9 Å². The molecule has 166 valence electrons. The summed E-state index contributed by atoms with van der Waals surface area (Å²) in [5.74, 6) is 3.26. The first-order chi connectivity index (χ1) is 13.7. The summed E-state index contributed by atoms with van der Waals surface area (Å²) in [6, 6.07) is 6.05. The highest BCUT2D eigenvalue weighted by molar-refractivity contribution is 14.0. The first-order valence-electron chi connectivity index (χ1n) is 10.5. The molecule has 1 aliphatic heterocycles. The zero-order chi connectivity index (χ0) is 20.2. The molecule has 0 atom stereocenters. The monoisotopic (exact) mass is 519 g/mol. The normalized spacial score (nSPS) is 14.8. The fourth-order valence-electron chi connectivity index (χ4n) is 3.29. The van der Waals surface area contributed by atoms with Crippen molar-refractivity contribution in [3.8, 4) is 11.5 Å². The molecule has 1 aromatic carbocycles. The van der Waals surface area contributed by atoms with E-state index in [0.29, 0.717) is 13.2 Å². The molecule has 1 heterocycles. The molecule has 0 unspecified atom stereocenters. The quantitative estimate of drug-likeness (QED) is 0.284. The van der Waals surface area contributed by atoms with Crippen LogP contribution in [-0.2, 0) is 11.3 Å². The molecule has 1 N–H and O–H groups in total. The molecule has 0 saturated carbocycles. The fraction of sp³-hybridized carbons (Fsp3) is 0.682. The van der Waals surface area contributed by atoms with Crippen molar-refractivity contribution in [2.75, 3.05) is 47.1 Å². The van der Waals surface area contributed by atoms with Gasteiger partial charge < -0.3 is 24.4 Å². The highest BCUT2D eigenvalue weighted by atomic mass is 127. The highest BCUT2D eigenvalue weighted by Gasteiger charge is 2.15. The molecule has 0 aliphatic carbocycles. The molecule has 0 amide bonds. The Bertz CT molecular complexity index is 607. The van der Waals surface area contributed by atoms with Crippen LogP contribution >= 0.6 is 24.0 Å². The number of nitrogens with one attached hydrogen (secondary N) is 1. The summed E-state index contributed by atoms with van der Waals surface area (Å²) in [6.07, 6.45) is 4.50. The topological polar surface area (TPSA) is 55.3 Å². The minimum Gasteiger partial charge on any atom is -0.493 e. The summed E-state index contributed by atoms with van der Waals surface area (Å²) in [6.45, 7) is 9.16. The zero-order valence-electron chi connectivity index (χ0n) is 18.4. The Balaban J connectivity index is 0.00000420. The van der Waals surface area contributed by atoms with Gasteiger partial charge in [0.25, 0.3) is 0 Å². The number of aliphatic imine (C=N–C) groups is 1. The molecular formula is C22H38IN3O3. The molecule has 0 aromatic heterocycles. The minimum atomic E-state index is 0. The second-order valence-electron chi connectivity index (χ2n) is 7.27. The standard InChI is InChI=1S/C22H37N3O3.HI/c1-5-13-28-20-8-7-19(16-21(20)26-4)17-24-22(23-6-2)25(3)12-9-18-10-14-27-15-11-18;/h7-8,16,18H,5-6,9-15,17H2,1-4H3,(H,23,24);1H. The van der Waals surface area contributed by atoms with Crippen LogP contribution < -0.4 is 14.8 Å². The lowest BCUT2D eigenvalue weighted by Crippen LogP contribution is -2.40. The summed E-state index contributed by atoms with van der Waals surface area (Å²) in [7, 11) is 3.79. The first-order valence-corrected chi connectivity index (χ1v) is 10.5. The van der Waals surface area contributed by atoms with Gasteiger partial charge in [-0.2, -0.15) is 0 Å². The molecule has 1 aromatic rings. The molecule has 0 spiro atoms. The third-order valence-electron chi connectivity index (χ3n) is 5.01. The van der Waals surface area contributed by atoms with Crippen molar-refractivity contribution in [2.24, 2.45) is 10.9 Å². The van der Waals surface area contributed by atoms with Gasteiger partial charge in [0.1, 0.15) is 0 Å². The van der Waals surface area contributed by atoms with Crippen LogP contribution in [-0.4, -0.2) is 57.9 Å². The van der Waals surface area contributed by atoms with Crippen molar-refractivity contribution in [3.05, 3.63) is 23.8 Å². The average Bonchev–Trinajstić information content (AvgIpc) is 2.74. The second-order valence-corrected chi connectivity index (χ2v) is 7.27. The highest BCUT2D eigenvalue weighted by Crippen LogP contribution is 2.28. The summed E-state index contributed by atoms with van der Waals surface area (Å²) in [5.41, 5.74) is 1.11. The van der Waals surface area contributed by atoms with Gasteiger partial charge in [-0.3, -0.25) is 0 Å². The molecule has 1 fully saturated rings. The minimum absolute atomic E-state index is 0. The van der Waals surface area contributed by atoms with Crippen LogP contribution in [0.5, 0.6) is 11.5 Å². The molecule has 1 saturated heterocycles. The van der Waals surface area contributed by atoms with Crippen molar-refractivity contribution < 1.29 is 14.2 Å². The average molecular weight is 519 g/mol. The molecule has 0 radical (unpaired) electrons. The van der Waals surface area contributed by atoms with Gasteiger partial charge in [-0.05, 0) is 56.2 Å². The Morgan fingerprint density at radius 1 is 1.24 bits per heavy atom. The van der Waals surface area contributed by atoms with Crippen LogP contribution in [0.4, 0.5) is 0 Å². The smallest absolute Gasteiger partial charge is 0.193 e. The lowest BCUT2D eigenvalue weighted by atomic mass is 9.96. The van der Waals surface area contributed by atoms with Crippen molar-refractivity contribution in [3.63, 3.8) is 0 Å². The number of methoxy groups -OCH3 is 1. The lowest BCUT2D eigenvalue weighted by Gasteiger charge is -2.26. The van der Waals surface area contributed by atoms with E-state index < -0.39 is 0 Å². The number of halogens is 1. The number of ether oxygens (including phenoxy) is 3. The van der Waals surface area contributed by atoms with Crippen LogP contribution in [0.15, 0.2) is 23.2 Å². The summed E-state index contributed by atoms with van der Waals surface area (Å²) < 4.78 is 16.7. The van der Waals surface area contributed by atoms with E-state index in [9.17, 15) is 0 Å². The molecule has 29 heavy (non-hydrogen) atoms. The molecule has 6 nitrogen and oxygen atoms in total. The Hall–Kier alpha value is -1.22. The van der Waals surface area contributed by atoms with Crippen molar-refractivity contribution in [2.45, 2.75) is 46.1 Å². The largest absolute Gasteiger partial charge is 0.493 e. The van der Waals surface area contributed by atoms with E-state index in [1.165, 1.54) is 19.3 Å². The van der Waals surface area contributed by atoms with Gasteiger partial charge >= 0.3 is 0 Å². The third kappa shape index (κ3) is 8.99. The van der Waals surface area contributed by atoms with Crippen LogP contribution in [0.25, 0.3) is 0 Å². The van der Waals surface area contributed by atoms with E-state index >= 15 is 0 Å². The second kappa shape index (κ2) is 14.7. The predicted octanol–water partition coefficient (Wildman–Crippen LogP) is 4.32. The number of benzene rings is 1. The van der Waals surface area contributed by atoms with Crippen LogP contribution in [0.1, 0.15) is 45.1 Å².